The van der Waals surface area contributed by atoms with Gasteiger partial charge in [0.2, 0.25) is 10.0 Å². The lowest BCUT2D eigenvalue weighted by Crippen LogP contribution is -2.12. The number of pyridine rings is 1. The van der Waals surface area contributed by atoms with Crippen molar-refractivity contribution < 1.29 is 13.2 Å². The van der Waals surface area contributed by atoms with Gasteiger partial charge >= 0.3 is 0 Å². The van der Waals surface area contributed by atoms with E-state index in [0.717, 1.165) is 16.8 Å². The van der Waals surface area contributed by atoms with E-state index in [-0.39, 0.29) is 16.7 Å². The number of nitrogens with zero attached hydrogens (tertiary/aromatic N) is 3. The zero-order chi connectivity index (χ0) is 24.1. The van der Waals surface area contributed by atoms with E-state index in [1.807, 2.05) is 24.3 Å². The van der Waals surface area contributed by atoms with Gasteiger partial charge in [-0.15, -0.1) is 0 Å². The quantitative estimate of drug-likeness (QED) is 0.420. The molecule has 4 rings (SSSR count). The van der Waals surface area contributed by atoms with Crippen molar-refractivity contribution in [1.82, 2.24) is 15.0 Å². The number of anilines is 1. The van der Waals surface area contributed by atoms with Crippen molar-refractivity contribution in [2.45, 2.75) is 24.2 Å². The van der Waals surface area contributed by atoms with E-state index in [1.54, 1.807) is 42.9 Å². The second kappa shape index (κ2) is 9.90. The number of sulfonamides is 1. The second-order valence-electron chi connectivity index (χ2n) is 7.89. The van der Waals surface area contributed by atoms with Gasteiger partial charge in [0.05, 0.1) is 28.0 Å². The molecule has 1 atom stereocenters. The van der Waals surface area contributed by atoms with Crippen molar-refractivity contribution in [3.63, 3.8) is 0 Å². The van der Waals surface area contributed by atoms with Crippen LogP contribution >= 0.6 is 0 Å². The van der Waals surface area contributed by atoms with E-state index in [1.165, 1.54) is 18.3 Å². The lowest BCUT2D eigenvalue weighted by Gasteiger charge is -2.14. The molecule has 0 aliphatic rings. The Kier molecular flexibility index (Phi) is 6.76. The summed E-state index contributed by atoms with van der Waals surface area (Å²) < 4.78 is 22.9. The van der Waals surface area contributed by atoms with Crippen LogP contribution in [0.1, 0.15) is 34.5 Å². The van der Waals surface area contributed by atoms with Crippen molar-refractivity contribution >= 4 is 21.6 Å². The molecule has 2 aromatic heterocycles. The standard InChI is InChI=1S/C25H23N5O3S/c1-17(19-4-2-6-21(13-19)30-25(31)20-5-3-11-27-14-20)12-22-15-28-16-24(29-22)18-7-9-23(10-8-18)34(26,32)33/h2-11,13-17H,12H2,1H3,(H,30,31)(H2,26,32,33)/t17-/m1/s1. The van der Waals surface area contributed by atoms with Gasteiger partial charge in [0, 0.05) is 29.8 Å². The third kappa shape index (κ3) is 5.69. The average molecular weight is 474 g/mol. The van der Waals surface area contributed by atoms with Gasteiger partial charge in [0.1, 0.15) is 0 Å². The molecule has 1 amide bonds. The van der Waals surface area contributed by atoms with E-state index in [4.69, 9.17) is 10.1 Å². The molecule has 0 fully saturated rings. The highest BCUT2D eigenvalue weighted by Gasteiger charge is 2.13. The minimum absolute atomic E-state index is 0.0458. The summed E-state index contributed by atoms with van der Waals surface area (Å²) in [6.07, 6.45) is 7.13. The van der Waals surface area contributed by atoms with E-state index in [2.05, 4.69) is 22.2 Å². The largest absolute Gasteiger partial charge is 0.322 e. The lowest BCUT2D eigenvalue weighted by molar-refractivity contribution is 0.102. The highest BCUT2D eigenvalue weighted by Crippen LogP contribution is 2.24. The molecule has 2 aromatic carbocycles. The molecule has 9 heteroatoms. The number of rotatable bonds is 7. The van der Waals surface area contributed by atoms with Crippen LogP contribution in [0.25, 0.3) is 11.3 Å². The Hall–Kier alpha value is -3.95. The summed E-state index contributed by atoms with van der Waals surface area (Å²) in [7, 11) is -3.75. The van der Waals surface area contributed by atoms with Gasteiger partial charge in [0.25, 0.3) is 5.91 Å². The number of benzene rings is 2. The molecule has 34 heavy (non-hydrogen) atoms. The molecule has 3 N–H and O–H groups in total. The van der Waals surface area contributed by atoms with Gasteiger partial charge in [-0.2, -0.15) is 0 Å². The van der Waals surface area contributed by atoms with Crippen LogP contribution in [-0.4, -0.2) is 29.3 Å². The maximum absolute atomic E-state index is 12.4. The van der Waals surface area contributed by atoms with Gasteiger partial charge in [-0.25, -0.2) is 18.5 Å². The molecular formula is C25H23N5O3S. The number of aromatic nitrogens is 3. The maximum Gasteiger partial charge on any atom is 0.257 e. The monoisotopic (exact) mass is 473 g/mol. The summed E-state index contributed by atoms with van der Waals surface area (Å²) in [6.45, 7) is 2.08. The van der Waals surface area contributed by atoms with Crippen LogP contribution in [0.2, 0.25) is 0 Å². The Morgan fingerprint density at radius 3 is 2.50 bits per heavy atom. The fraction of sp³-hybridized carbons (Fsp3) is 0.120. The summed E-state index contributed by atoms with van der Waals surface area (Å²) >= 11 is 0. The van der Waals surface area contributed by atoms with Gasteiger partial charge < -0.3 is 5.32 Å². The van der Waals surface area contributed by atoms with Crippen LogP contribution in [0.4, 0.5) is 5.69 Å². The number of nitrogens with one attached hydrogen (secondary N) is 1. The number of nitrogens with two attached hydrogens (primary N) is 1. The summed E-state index contributed by atoms with van der Waals surface area (Å²) in [5.41, 5.74) is 4.43. The third-order valence-electron chi connectivity index (χ3n) is 5.32. The molecule has 0 spiro atoms. The van der Waals surface area contributed by atoms with Crippen LogP contribution in [0.5, 0.6) is 0 Å². The SMILES string of the molecule is C[C@H](Cc1cncc(-c2ccc(S(N)(=O)=O)cc2)n1)c1cccc(NC(=O)c2cccnc2)c1. The molecule has 172 valence electrons. The van der Waals surface area contributed by atoms with E-state index in [0.29, 0.717) is 23.4 Å². The molecule has 8 nitrogen and oxygen atoms in total. The highest BCUT2D eigenvalue weighted by molar-refractivity contribution is 7.89. The van der Waals surface area contributed by atoms with Gasteiger partial charge in [-0.1, -0.05) is 31.2 Å². The Morgan fingerprint density at radius 2 is 1.79 bits per heavy atom. The first-order chi connectivity index (χ1) is 16.3. The van der Waals surface area contributed by atoms with Gasteiger partial charge in [-0.3, -0.25) is 14.8 Å². The molecule has 0 bridgehead atoms. The first-order valence-electron chi connectivity index (χ1n) is 10.5. The Balaban J connectivity index is 1.47. The zero-order valence-corrected chi connectivity index (χ0v) is 19.2. The highest BCUT2D eigenvalue weighted by atomic mass is 32.2. The summed E-state index contributed by atoms with van der Waals surface area (Å²) in [5.74, 6) is -0.102. The number of carbonyl (C=O) groups is 1. The summed E-state index contributed by atoms with van der Waals surface area (Å²) in [4.78, 5) is 25.4. The van der Waals surface area contributed by atoms with Gasteiger partial charge in [0.15, 0.2) is 0 Å². The fourth-order valence-electron chi connectivity index (χ4n) is 3.51. The number of hydrogen-bond acceptors (Lipinski definition) is 6. The Bertz CT molecular complexity index is 1410. The molecule has 0 radical (unpaired) electrons. The smallest absolute Gasteiger partial charge is 0.257 e. The summed E-state index contributed by atoms with van der Waals surface area (Å²) in [6, 6.07) is 17.3. The van der Waals surface area contributed by atoms with Crippen molar-refractivity contribution in [3.05, 3.63) is 102 Å². The third-order valence-corrected chi connectivity index (χ3v) is 6.24. The minimum Gasteiger partial charge on any atom is -0.322 e. The van der Waals surface area contributed by atoms with Crippen LogP contribution in [-0.2, 0) is 16.4 Å². The lowest BCUT2D eigenvalue weighted by atomic mass is 9.96. The molecule has 4 aromatic rings. The first-order valence-corrected chi connectivity index (χ1v) is 12.1. The van der Waals surface area contributed by atoms with Gasteiger partial charge in [-0.05, 0) is 54.3 Å². The fourth-order valence-corrected chi connectivity index (χ4v) is 4.03. The molecule has 2 heterocycles. The van der Waals surface area contributed by atoms with E-state index in [9.17, 15) is 13.2 Å². The number of carbonyl (C=O) groups excluding carboxylic acids is 1. The molecule has 0 aliphatic carbocycles. The summed E-state index contributed by atoms with van der Waals surface area (Å²) in [5, 5.41) is 8.07. The van der Waals surface area contributed by atoms with Crippen LogP contribution < -0.4 is 10.5 Å². The first kappa shape index (κ1) is 23.2. The second-order valence-corrected chi connectivity index (χ2v) is 9.45. The minimum atomic E-state index is -3.75. The number of hydrogen-bond donors (Lipinski definition) is 2. The molecular weight excluding hydrogens is 450 g/mol. The van der Waals surface area contributed by atoms with Crippen molar-refractivity contribution in [1.29, 1.82) is 0 Å². The molecule has 0 aliphatic heterocycles. The number of amides is 1. The predicted octanol–water partition coefficient (Wildman–Crippen LogP) is 3.78. The zero-order valence-electron chi connectivity index (χ0n) is 18.4. The van der Waals surface area contributed by atoms with Crippen molar-refractivity contribution in [2.75, 3.05) is 5.32 Å². The van der Waals surface area contributed by atoms with Crippen LogP contribution in [0.3, 0.4) is 0 Å². The van der Waals surface area contributed by atoms with E-state index < -0.39 is 10.0 Å². The van der Waals surface area contributed by atoms with Crippen molar-refractivity contribution in [2.24, 2.45) is 5.14 Å². The predicted molar refractivity (Wildman–Crippen MR) is 130 cm³/mol. The number of primary sulfonamides is 1. The van der Waals surface area contributed by atoms with Crippen molar-refractivity contribution in [3.8, 4) is 11.3 Å². The normalized spacial score (nSPS) is 12.2. The Morgan fingerprint density at radius 1 is 1.00 bits per heavy atom. The molecule has 0 saturated carbocycles. The van der Waals surface area contributed by atoms with E-state index >= 15 is 0 Å². The molecule has 0 unspecified atom stereocenters. The van der Waals surface area contributed by atoms with Crippen LogP contribution in [0, 0.1) is 0 Å². The maximum atomic E-state index is 12.4. The topological polar surface area (TPSA) is 128 Å². The molecule has 0 saturated heterocycles. The average Bonchev–Trinajstić information content (AvgIpc) is 2.84. The Labute approximate surface area is 198 Å². The van der Waals surface area contributed by atoms with Crippen LogP contribution in [0.15, 0.2) is 90.3 Å².